The Morgan fingerprint density at radius 1 is 1.30 bits per heavy atom. The SMILES string of the molecule is Cc1nc([C@@H]2COCCO2)n(-c2cc(Cl)ccc2Cl)n1. The number of hydrogen-bond donors (Lipinski definition) is 0. The van der Waals surface area contributed by atoms with Crippen LogP contribution in [-0.4, -0.2) is 34.6 Å². The van der Waals surface area contributed by atoms with Gasteiger partial charge < -0.3 is 9.47 Å². The molecule has 2 aromatic rings. The fourth-order valence-electron chi connectivity index (χ4n) is 2.10. The molecule has 0 saturated carbocycles. The van der Waals surface area contributed by atoms with Crippen molar-refractivity contribution >= 4 is 23.2 Å². The topological polar surface area (TPSA) is 49.2 Å². The molecule has 1 aromatic heterocycles. The van der Waals surface area contributed by atoms with Crippen LogP contribution in [0.4, 0.5) is 0 Å². The second kappa shape index (κ2) is 5.69. The van der Waals surface area contributed by atoms with Gasteiger partial charge in [-0.05, 0) is 25.1 Å². The van der Waals surface area contributed by atoms with Crippen LogP contribution in [0.2, 0.25) is 10.0 Å². The molecule has 7 heteroatoms. The zero-order valence-corrected chi connectivity index (χ0v) is 12.4. The van der Waals surface area contributed by atoms with Gasteiger partial charge in [0.25, 0.3) is 0 Å². The summed E-state index contributed by atoms with van der Waals surface area (Å²) in [6.45, 7) is 3.42. The molecule has 1 saturated heterocycles. The van der Waals surface area contributed by atoms with Gasteiger partial charge in [0.05, 0.1) is 30.5 Å². The quantitative estimate of drug-likeness (QED) is 0.855. The number of aryl methyl sites for hydroxylation is 1. The average Bonchev–Trinajstić information content (AvgIpc) is 2.84. The maximum atomic E-state index is 6.23. The van der Waals surface area contributed by atoms with E-state index in [4.69, 9.17) is 32.7 Å². The van der Waals surface area contributed by atoms with Crippen LogP contribution >= 0.6 is 23.2 Å². The number of halogens is 2. The lowest BCUT2D eigenvalue weighted by molar-refractivity contribution is -0.0942. The van der Waals surface area contributed by atoms with Gasteiger partial charge in [-0.15, -0.1) is 0 Å². The molecule has 3 rings (SSSR count). The number of rotatable bonds is 2. The maximum absolute atomic E-state index is 6.23. The van der Waals surface area contributed by atoms with Crippen molar-refractivity contribution < 1.29 is 9.47 Å². The molecule has 1 aliphatic rings. The van der Waals surface area contributed by atoms with Crippen LogP contribution in [0, 0.1) is 6.92 Å². The van der Waals surface area contributed by atoms with Gasteiger partial charge in [-0.25, -0.2) is 9.67 Å². The molecule has 1 fully saturated rings. The van der Waals surface area contributed by atoms with Crippen LogP contribution in [0.1, 0.15) is 17.8 Å². The van der Waals surface area contributed by atoms with Gasteiger partial charge >= 0.3 is 0 Å². The third-order valence-electron chi connectivity index (χ3n) is 2.98. The van der Waals surface area contributed by atoms with E-state index in [9.17, 15) is 0 Å². The predicted octanol–water partition coefficient (Wildman–Crippen LogP) is 2.97. The Labute approximate surface area is 126 Å². The highest BCUT2D eigenvalue weighted by Crippen LogP contribution is 2.28. The van der Waals surface area contributed by atoms with Gasteiger partial charge in [-0.1, -0.05) is 23.2 Å². The Kier molecular flexibility index (Phi) is 3.94. The van der Waals surface area contributed by atoms with Crippen LogP contribution in [0.5, 0.6) is 0 Å². The first-order valence-electron chi connectivity index (χ1n) is 6.23. The molecule has 0 aliphatic carbocycles. The first-order valence-corrected chi connectivity index (χ1v) is 6.99. The van der Waals surface area contributed by atoms with Crippen molar-refractivity contribution in [1.82, 2.24) is 14.8 Å². The highest BCUT2D eigenvalue weighted by molar-refractivity contribution is 6.34. The zero-order valence-electron chi connectivity index (χ0n) is 10.8. The van der Waals surface area contributed by atoms with E-state index in [1.54, 1.807) is 22.9 Å². The fourth-order valence-corrected chi connectivity index (χ4v) is 2.47. The molecule has 1 aromatic carbocycles. The molecule has 1 atom stereocenters. The van der Waals surface area contributed by atoms with Gasteiger partial charge in [-0.3, -0.25) is 0 Å². The standard InChI is InChI=1S/C13H13Cl2N3O2/c1-8-16-13(12-7-19-4-5-20-12)18(17-8)11-6-9(14)2-3-10(11)15/h2-3,6,12H,4-5,7H2,1H3/t12-/m0/s1. The largest absolute Gasteiger partial charge is 0.376 e. The molecule has 0 radical (unpaired) electrons. The summed E-state index contributed by atoms with van der Waals surface area (Å²) in [5.74, 6) is 1.32. The van der Waals surface area contributed by atoms with Crippen LogP contribution in [0.15, 0.2) is 18.2 Å². The summed E-state index contributed by atoms with van der Waals surface area (Å²) in [4.78, 5) is 4.43. The summed E-state index contributed by atoms with van der Waals surface area (Å²) < 4.78 is 12.8. The van der Waals surface area contributed by atoms with Crippen molar-refractivity contribution in [1.29, 1.82) is 0 Å². The van der Waals surface area contributed by atoms with E-state index in [0.717, 1.165) is 0 Å². The van der Waals surface area contributed by atoms with E-state index in [1.165, 1.54) is 0 Å². The predicted molar refractivity (Wildman–Crippen MR) is 75.6 cm³/mol. The van der Waals surface area contributed by atoms with E-state index in [1.807, 2.05) is 6.92 Å². The van der Waals surface area contributed by atoms with Crippen molar-refractivity contribution in [2.45, 2.75) is 13.0 Å². The van der Waals surface area contributed by atoms with E-state index in [-0.39, 0.29) is 6.10 Å². The van der Waals surface area contributed by atoms with Crippen molar-refractivity contribution in [3.8, 4) is 5.69 Å². The van der Waals surface area contributed by atoms with E-state index in [2.05, 4.69) is 10.1 Å². The molecule has 0 amide bonds. The second-order valence-corrected chi connectivity index (χ2v) is 5.30. The molecular weight excluding hydrogens is 301 g/mol. The van der Waals surface area contributed by atoms with Gasteiger partial charge in [0, 0.05) is 5.02 Å². The lowest BCUT2D eigenvalue weighted by atomic mass is 10.3. The highest BCUT2D eigenvalue weighted by atomic mass is 35.5. The highest BCUT2D eigenvalue weighted by Gasteiger charge is 2.24. The summed E-state index contributed by atoms with van der Waals surface area (Å²) in [7, 11) is 0. The summed E-state index contributed by atoms with van der Waals surface area (Å²) >= 11 is 12.3. The summed E-state index contributed by atoms with van der Waals surface area (Å²) in [6, 6.07) is 5.22. The summed E-state index contributed by atoms with van der Waals surface area (Å²) in [6.07, 6.45) is -0.250. The minimum Gasteiger partial charge on any atom is -0.376 e. The lowest BCUT2D eigenvalue weighted by Gasteiger charge is -2.22. The number of aromatic nitrogens is 3. The molecular formula is C13H13Cl2N3O2. The van der Waals surface area contributed by atoms with Gasteiger partial charge in [0.1, 0.15) is 11.9 Å². The Bertz CT molecular complexity index is 624. The molecule has 1 aliphatic heterocycles. The van der Waals surface area contributed by atoms with Gasteiger partial charge in [-0.2, -0.15) is 5.10 Å². The summed E-state index contributed by atoms with van der Waals surface area (Å²) in [5, 5.41) is 5.53. The minimum absolute atomic E-state index is 0.250. The first-order chi connectivity index (χ1) is 9.65. The molecule has 20 heavy (non-hydrogen) atoms. The van der Waals surface area contributed by atoms with Gasteiger partial charge in [0.2, 0.25) is 0 Å². The van der Waals surface area contributed by atoms with E-state index in [0.29, 0.717) is 47.2 Å². The molecule has 0 N–H and O–H groups in total. The maximum Gasteiger partial charge on any atom is 0.163 e. The third kappa shape index (κ3) is 2.67. The van der Waals surface area contributed by atoms with Crippen LogP contribution < -0.4 is 0 Å². The second-order valence-electron chi connectivity index (χ2n) is 4.46. The molecule has 0 bridgehead atoms. The summed E-state index contributed by atoms with van der Waals surface area (Å²) in [5.41, 5.74) is 0.684. The fraction of sp³-hybridized carbons (Fsp3) is 0.385. The molecule has 106 valence electrons. The number of hydrogen-bond acceptors (Lipinski definition) is 4. The normalized spacial score (nSPS) is 19.2. The van der Waals surface area contributed by atoms with Crippen molar-refractivity contribution in [2.75, 3.05) is 19.8 Å². The number of benzene rings is 1. The van der Waals surface area contributed by atoms with Crippen LogP contribution in [-0.2, 0) is 9.47 Å². The minimum atomic E-state index is -0.250. The lowest BCUT2D eigenvalue weighted by Crippen LogP contribution is -2.24. The zero-order chi connectivity index (χ0) is 14.1. The van der Waals surface area contributed by atoms with Gasteiger partial charge in [0.15, 0.2) is 5.82 Å². The molecule has 2 heterocycles. The third-order valence-corrected chi connectivity index (χ3v) is 3.53. The Morgan fingerprint density at radius 3 is 2.90 bits per heavy atom. The number of ether oxygens (including phenoxy) is 2. The number of nitrogens with zero attached hydrogens (tertiary/aromatic N) is 3. The van der Waals surface area contributed by atoms with Crippen LogP contribution in [0.3, 0.4) is 0 Å². The molecule has 5 nitrogen and oxygen atoms in total. The monoisotopic (exact) mass is 313 g/mol. The van der Waals surface area contributed by atoms with Crippen molar-refractivity contribution in [3.63, 3.8) is 0 Å². The van der Waals surface area contributed by atoms with E-state index >= 15 is 0 Å². The van der Waals surface area contributed by atoms with Crippen LogP contribution in [0.25, 0.3) is 5.69 Å². The van der Waals surface area contributed by atoms with E-state index < -0.39 is 0 Å². The molecule has 0 spiro atoms. The van der Waals surface area contributed by atoms with Crippen molar-refractivity contribution in [2.24, 2.45) is 0 Å². The Balaban J connectivity index is 2.06. The van der Waals surface area contributed by atoms with Crippen molar-refractivity contribution in [3.05, 3.63) is 39.9 Å². The first kappa shape index (κ1) is 13.8. The average molecular weight is 314 g/mol. The smallest absolute Gasteiger partial charge is 0.163 e. The Morgan fingerprint density at radius 2 is 2.15 bits per heavy atom. The molecule has 0 unspecified atom stereocenters. The Hall–Kier alpha value is -1.14.